The fraction of sp³-hybridized carbons (Fsp3) is 0.750. The quantitative estimate of drug-likeness (QED) is 0.819. The van der Waals surface area contributed by atoms with Crippen LogP contribution in [0, 0.1) is 11.3 Å². The Bertz CT molecular complexity index is 392. The van der Waals surface area contributed by atoms with E-state index in [1.807, 2.05) is 11.7 Å². The molecule has 1 unspecified atom stereocenters. The minimum Gasteiger partial charge on any atom is -0.394 e. The first kappa shape index (κ1) is 11.3. The molecule has 0 bridgehead atoms. The highest BCUT2D eigenvalue weighted by Gasteiger charge is 2.45. The SMILES string of the molecule is CCc1nn(C)c(NCC2CC2(C)C)c1N. The maximum Gasteiger partial charge on any atom is 0.147 e. The molecule has 3 N–H and O–H groups in total. The predicted octanol–water partition coefficient (Wildman–Crippen LogP) is 2.02. The number of rotatable bonds is 4. The zero-order valence-electron chi connectivity index (χ0n) is 10.7. The van der Waals surface area contributed by atoms with Gasteiger partial charge in [-0.25, -0.2) is 0 Å². The molecule has 1 fully saturated rings. The van der Waals surface area contributed by atoms with Crippen LogP contribution in [0.25, 0.3) is 0 Å². The van der Waals surface area contributed by atoms with E-state index in [0.717, 1.165) is 36.1 Å². The number of aromatic nitrogens is 2. The molecule has 90 valence electrons. The van der Waals surface area contributed by atoms with Crippen molar-refractivity contribution in [2.45, 2.75) is 33.6 Å². The number of nitrogen functional groups attached to an aromatic ring is 1. The van der Waals surface area contributed by atoms with Gasteiger partial charge in [0.15, 0.2) is 0 Å². The van der Waals surface area contributed by atoms with Crippen LogP contribution in [0.5, 0.6) is 0 Å². The van der Waals surface area contributed by atoms with Gasteiger partial charge in [-0.2, -0.15) is 5.10 Å². The summed E-state index contributed by atoms with van der Waals surface area (Å²) in [5.41, 5.74) is 8.35. The summed E-state index contributed by atoms with van der Waals surface area (Å²) in [6, 6.07) is 0. The molecular weight excluding hydrogens is 200 g/mol. The lowest BCUT2D eigenvalue weighted by atomic mass is 10.1. The van der Waals surface area contributed by atoms with Crippen LogP contribution in [0.4, 0.5) is 11.5 Å². The van der Waals surface area contributed by atoms with E-state index in [-0.39, 0.29) is 0 Å². The Hall–Kier alpha value is -1.19. The Morgan fingerprint density at radius 1 is 1.56 bits per heavy atom. The van der Waals surface area contributed by atoms with Gasteiger partial charge in [0.2, 0.25) is 0 Å². The van der Waals surface area contributed by atoms with Crippen molar-refractivity contribution in [1.82, 2.24) is 9.78 Å². The number of aryl methyl sites for hydroxylation is 2. The van der Waals surface area contributed by atoms with Crippen LogP contribution in [0.1, 0.15) is 32.9 Å². The van der Waals surface area contributed by atoms with Crippen molar-refractivity contribution in [2.75, 3.05) is 17.6 Å². The first-order chi connectivity index (χ1) is 7.45. The van der Waals surface area contributed by atoms with E-state index in [9.17, 15) is 0 Å². The summed E-state index contributed by atoms with van der Waals surface area (Å²) in [6.45, 7) is 7.69. The van der Waals surface area contributed by atoms with Crippen LogP contribution >= 0.6 is 0 Å². The lowest BCUT2D eigenvalue weighted by Crippen LogP contribution is -2.11. The van der Waals surface area contributed by atoms with Gasteiger partial charge in [-0.3, -0.25) is 4.68 Å². The fourth-order valence-electron chi connectivity index (χ4n) is 2.21. The highest BCUT2D eigenvalue weighted by atomic mass is 15.3. The van der Waals surface area contributed by atoms with Crippen LogP contribution in [0.15, 0.2) is 0 Å². The highest BCUT2D eigenvalue weighted by molar-refractivity contribution is 5.65. The maximum atomic E-state index is 6.04. The Labute approximate surface area is 97.2 Å². The van der Waals surface area contributed by atoms with Gasteiger partial charge in [-0.1, -0.05) is 20.8 Å². The van der Waals surface area contributed by atoms with E-state index in [1.54, 1.807) is 0 Å². The van der Waals surface area contributed by atoms with Crippen LogP contribution in [0.3, 0.4) is 0 Å². The molecular formula is C12H22N4. The van der Waals surface area contributed by atoms with Crippen LogP contribution in [-0.2, 0) is 13.5 Å². The van der Waals surface area contributed by atoms with Crippen molar-refractivity contribution in [3.05, 3.63) is 5.69 Å². The van der Waals surface area contributed by atoms with Crippen molar-refractivity contribution in [1.29, 1.82) is 0 Å². The fourth-order valence-corrected chi connectivity index (χ4v) is 2.21. The number of anilines is 2. The maximum absolute atomic E-state index is 6.04. The normalized spacial score (nSPS) is 22.1. The van der Waals surface area contributed by atoms with Crippen molar-refractivity contribution < 1.29 is 0 Å². The molecule has 0 amide bonds. The van der Waals surface area contributed by atoms with E-state index >= 15 is 0 Å². The Morgan fingerprint density at radius 3 is 2.62 bits per heavy atom. The van der Waals surface area contributed by atoms with Gasteiger partial charge in [0.1, 0.15) is 5.82 Å². The minimum absolute atomic E-state index is 0.508. The first-order valence-electron chi connectivity index (χ1n) is 6.01. The lowest BCUT2D eigenvalue weighted by Gasteiger charge is -2.08. The monoisotopic (exact) mass is 222 g/mol. The number of hydrogen-bond acceptors (Lipinski definition) is 3. The molecule has 1 aliphatic rings. The zero-order chi connectivity index (χ0) is 11.9. The largest absolute Gasteiger partial charge is 0.394 e. The summed E-state index contributed by atoms with van der Waals surface area (Å²) >= 11 is 0. The first-order valence-corrected chi connectivity index (χ1v) is 6.01. The lowest BCUT2D eigenvalue weighted by molar-refractivity contribution is 0.571. The van der Waals surface area contributed by atoms with E-state index < -0.39 is 0 Å². The topological polar surface area (TPSA) is 55.9 Å². The summed E-state index contributed by atoms with van der Waals surface area (Å²) in [5.74, 6) is 1.74. The third kappa shape index (κ3) is 1.88. The number of hydrogen-bond donors (Lipinski definition) is 2. The van der Waals surface area contributed by atoms with E-state index in [1.165, 1.54) is 6.42 Å². The minimum atomic E-state index is 0.508. The summed E-state index contributed by atoms with van der Waals surface area (Å²) in [5, 5.41) is 7.82. The molecule has 1 aliphatic carbocycles. The molecule has 4 nitrogen and oxygen atoms in total. The summed E-state index contributed by atoms with van der Waals surface area (Å²) in [4.78, 5) is 0. The van der Waals surface area contributed by atoms with Crippen LogP contribution in [-0.4, -0.2) is 16.3 Å². The Kier molecular flexibility index (Phi) is 2.60. The summed E-state index contributed by atoms with van der Waals surface area (Å²) in [7, 11) is 1.94. The average Bonchev–Trinajstić information content (AvgIpc) is 2.72. The Balaban J connectivity index is 2.02. The number of nitrogens with zero attached hydrogens (tertiary/aromatic N) is 2. The molecule has 1 aromatic heterocycles. The van der Waals surface area contributed by atoms with Crippen LogP contribution < -0.4 is 11.1 Å². The molecule has 0 radical (unpaired) electrons. The summed E-state index contributed by atoms with van der Waals surface area (Å²) < 4.78 is 1.85. The van der Waals surface area contributed by atoms with E-state index in [4.69, 9.17) is 5.73 Å². The molecule has 0 aliphatic heterocycles. The third-order valence-corrected chi connectivity index (χ3v) is 3.73. The molecule has 1 saturated carbocycles. The molecule has 2 rings (SSSR count). The Morgan fingerprint density at radius 2 is 2.19 bits per heavy atom. The van der Waals surface area contributed by atoms with E-state index in [2.05, 4.69) is 31.2 Å². The molecule has 1 aromatic rings. The predicted molar refractivity (Wildman–Crippen MR) is 67.4 cm³/mol. The van der Waals surface area contributed by atoms with Crippen molar-refractivity contribution in [3.63, 3.8) is 0 Å². The second kappa shape index (κ2) is 3.68. The zero-order valence-corrected chi connectivity index (χ0v) is 10.7. The standard InChI is InChI=1S/C12H22N4/c1-5-9-10(13)11(16(4)15-9)14-7-8-6-12(8,2)3/h8,14H,5-7,13H2,1-4H3. The van der Waals surface area contributed by atoms with Crippen molar-refractivity contribution >= 4 is 11.5 Å². The van der Waals surface area contributed by atoms with Crippen LogP contribution in [0.2, 0.25) is 0 Å². The van der Waals surface area contributed by atoms with Gasteiger partial charge in [0.25, 0.3) is 0 Å². The molecule has 4 heteroatoms. The molecule has 1 atom stereocenters. The molecule has 16 heavy (non-hydrogen) atoms. The van der Waals surface area contributed by atoms with Gasteiger partial charge in [0, 0.05) is 13.6 Å². The summed E-state index contributed by atoms with van der Waals surface area (Å²) in [6.07, 6.45) is 2.19. The number of nitrogens with two attached hydrogens (primary N) is 1. The molecule has 1 heterocycles. The van der Waals surface area contributed by atoms with E-state index in [0.29, 0.717) is 5.41 Å². The van der Waals surface area contributed by atoms with Crippen molar-refractivity contribution in [2.24, 2.45) is 18.4 Å². The number of nitrogens with one attached hydrogen (secondary N) is 1. The van der Waals surface area contributed by atoms with Gasteiger partial charge in [-0.15, -0.1) is 0 Å². The second-order valence-corrected chi connectivity index (χ2v) is 5.46. The molecule has 0 aromatic carbocycles. The highest BCUT2D eigenvalue weighted by Crippen LogP contribution is 2.51. The van der Waals surface area contributed by atoms with Crippen molar-refractivity contribution in [3.8, 4) is 0 Å². The smallest absolute Gasteiger partial charge is 0.147 e. The average molecular weight is 222 g/mol. The third-order valence-electron chi connectivity index (χ3n) is 3.73. The van der Waals surface area contributed by atoms with Gasteiger partial charge >= 0.3 is 0 Å². The van der Waals surface area contributed by atoms with Gasteiger partial charge < -0.3 is 11.1 Å². The van der Waals surface area contributed by atoms with Gasteiger partial charge in [0.05, 0.1) is 11.4 Å². The second-order valence-electron chi connectivity index (χ2n) is 5.46. The van der Waals surface area contributed by atoms with Gasteiger partial charge in [-0.05, 0) is 24.2 Å². The molecule has 0 saturated heterocycles. The molecule has 0 spiro atoms.